The van der Waals surface area contributed by atoms with Crippen LogP contribution in [0.5, 0.6) is 5.75 Å². The molecule has 0 saturated heterocycles. The number of benzene rings is 2. The molecule has 2 amide bonds. The Kier molecular flexibility index (Phi) is 9.95. The highest BCUT2D eigenvalue weighted by Gasteiger charge is 2.27. The van der Waals surface area contributed by atoms with Crippen molar-refractivity contribution in [3.63, 3.8) is 0 Å². The Labute approximate surface area is 195 Å². The highest BCUT2D eigenvalue weighted by Crippen LogP contribution is 2.28. The average molecular weight is 516 g/mol. The van der Waals surface area contributed by atoms with Crippen molar-refractivity contribution in [3.8, 4) is 5.75 Å². The third-order valence-corrected chi connectivity index (χ3v) is 5.76. The van der Waals surface area contributed by atoms with Gasteiger partial charge in [-0.2, -0.15) is 0 Å². The zero-order chi connectivity index (χ0) is 22.1. The zero-order valence-corrected chi connectivity index (χ0v) is 20.1. The smallest absolute Gasteiger partial charge is 0.261 e. The summed E-state index contributed by atoms with van der Waals surface area (Å²) in [6.07, 6.45) is 1.85. The minimum Gasteiger partial charge on any atom is -0.483 e. The van der Waals surface area contributed by atoms with Crippen molar-refractivity contribution in [1.29, 1.82) is 0 Å². The second kappa shape index (κ2) is 12.2. The molecule has 2 rings (SSSR count). The number of carbonyl (C=O) groups is 2. The van der Waals surface area contributed by atoms with Crippen LogP contribution in [0.25, 0.3) is 0 Å². The van der Waals surface area contributed by atoms with Crippen molar-refractivity contribution in [1.82, 2.24) is 10.2 Å². The van der Waals surface area contributed by atoms with Crippen LogP contribution in [0.15, 0.2) is 46.9 Å². The number of nitrogens with one attached hydrogen (secondary N) is 1. The molecule has 0 fully saturated rings. The molecule has 0 aromatic heterocycles. The Morgan fingerprint density at radius 1 is 1.20 bits per heavy atom. The highest BCUT2D eigenvalue weighted by atomic mass is 79.9. The Balaban J connectivity index is 2.15. The van der Waals surface area contributed by atoms with Gasteiger partial charge in [-0.3, -0.25) is 9.59 Å². The fraction of sp³-hybridized carbons (Fsp3) is 0.364. The van der Waals surface area contributed by atoms with Gasteiger partial charge < -0.3 is 15.0 Å². The van der Waals surface area contributed by atoms with Gasteiger partial charge in [0.15, 0.2) is 6.61 Å². The second-order valence-corrected chi connectivity index (χ2v) is 8.49. The molecule has 0 spiro atoms. The lowest BCUT2D eigenvalue weighted by Gasteiger charge is -2.29. The van der Waals surface area contributed by atoms with Gasteiger partial charge in [-0.1, -0.05) is 54.7 Å². The topological polar surface area (TPSA) is 58.6 Å². The van der Waals surface area contributed by atoms with Gasteiger partial charge in [0, 0.05) is 23.1 Å². The van der Waals surface area contributed by atoms with Crippen molar-refractivity contribution in [3.05, 3.63) is 62.5 Å². The van der Waals surface area contributed by atoms with Gasteiger partial charge in [0.2, 0.25) is 5.91 Å². The van der Waals surface area contributed by atoms with E-state index in [0.29, 0.717) is 26.8 Å². The number of hydrogen-bond donors (Lipinski definition) is 1. The summed E-state index contributed by atoms with van der Waals surface area (Å²) in [5.41, 5.74) is 0.758. The molecule has 8 heteroatoms. The Morgan fingerprint density at radius 2 is 1.93 bits per heavy atom. The lowest BCUT2D eigenvalue weighted by atomic mass is 10.1. The highest BCUT2D eigenvalue weighted by molar-refractivity contribution is 9.10. The predicted molar refractivity (Wildman–Crippen MR) is 124 cm³/mol. The fourth-order valence-corrected chi connectivity index (χ4v) is 3.74. The molecule has 0 saturated carbocycles. The van der Waals surface area contributed by atoms with Crippen molar-refractivity contribution in [2.45, 2.75) is 39.3 Å². The summed E-state index contributed by atoms with van der Waals surface area (Å²) in [6.45, 7) is 4.30. The maximum absolute atomic E-state index is 13.0. The van der Waals surface area contributed by atoms with E-state index in [-0.39, 0.29) is 25.0 Å². The van der Waals surface area contributed by atoms with Gasteiger partial charge in [0.1, 0.15) is 11.8 Å². The van der Waals surface area contributed by atoms with E-state index in [1.54, 1.807) is 31.2 Å². The third-order valence-electron chi connectivity index (χ3n) is 4.54. The molecule has 2 aromatic carbocycles. The van der Waals surface area contributed by atoms with E-state index in [9.17, 15) is 9.59 Å². The van der Waals surface area contributed by atoms with E-state index in [1.165, 1.54) is 4.90 Å². The summed E-state index contributed by atoms with van der Waals surface area (Å²) in [6, 6.07) is 11.6. The van der Waals surface area contributed by atoms with Crippen molar-refractivity contribution in [2.24, 2.45) is 0 Å². The Bertz CT molecular complexity index is 879. The summed E-state index contributed by atoms with van der Waals surface area (Å²) in [5.74, 6) is -0.0445. The first-order chi connectivity index (χ1) is 14.3. The van der Waals surface area contributed by atoms with E-state index in [0.717, 1.165) is 18.4 Å². The molecule has 0 aliphatic heterocycles. The van der Waals surface area contributed by atoms with E-state index in [1.807, 2.05) is 18.2 Å². The molecule has 0 radical (unpaired) electrons. The molecule has 1 atom stereocenters. The number of ether oxygens (including phenoxy) is 1. The predicted octanol–water partition coefficient (Wildman–Crippen LogP) is 5.47. The summed E-state index contributed by atoms with van der Waals surface area (Å²) < 4.78 is 6.31. The molecule has 162 valence electrons. The number of carbonyl (C=O) groups excluding carboxylic acids is 2. The van der Waals surface area contributed by atoms with Crippen LogP contribution in [0, 0.1) is 0 Å². The fourth-order valence-electron chi connectivity index (χ4n) is 2.74. The molecule has 30 heavy (non-hydrogen) atoms. The average Bonchev–Trinajstić information content (AvgIpc) is 2.72. The minimum atomic E-state index is -0.678. The quantitative estimate of drug-likeness (QED) is 0.427. The molecule has 0 aliphatic carbocycles. The third kappa shape index (κ3) is 7.18. The van der Waals surface area contributed by atoms with Gasteiger partial charge in [0.25, 0.3) is 5.91 Å². The van der Waals surface area contributed by atoms with Crippen molar-refractivity contribution >= 4 is 50.9 Å². The van der Waals surface area contributed by atoms with Crippen LogP contribution in [0.4, 0.5) is 0 Å². The van der Waals surface area contributed by atoms with E-state index in [2.05, 4.69) is 28.2 Å². The molecular formula is C22H25BrCl2N2O3. The first-order valence-electron chi connectivity index (χ1n) is 9.72. The molecule has 0 heterocycles. The lowest BCUT2D eigenvalue weighted by Crippen LogP contribution is -2.49. The van der Waals surface area contributed by atoms with E-state index < -0.39 is 6.04 Å². The summed E-state index contributed by atoms with van der Waals surface area (Å²) in [4.78, 5) is 27.1. The molecule has 2 aromatic rings. The van der Waals surface area contributed by atoms with Crippen LogP contribution >= 0.6 is 39.1 Å². The molecule has 0 unspecified atom stereocenters. The minimum absolute atomic E-state index is 0.200. The Hall–Kier alpha value is -1.76. The van der Waals surface area contributed by atoms with Crippen LogP contribution in [-0.4, -0.2) is 35.9 Å². The van der Waals surface area contributed by atoms with Gasteiger partial charge in [0.05, 0.1) is 4.47 Å². The number of unbranched alkanes of at least 4 members (excludes halogenated alkanes) is 1. The summed E-state index contributed by atoms with van der Waals surface area (Å²) >= 11 is 15.6. The van der Waals surface area contributed by atoms with Crippen LogP contribution in [-0.2, 0) is 16.1 Å². The van der Waals surface area contributed by atoms with Crippen LogP contribution in [0.3, 0.4) is 0 Å². The molecule has 0 aliphatic rings. The normalized spacial score (nSPS) is 11.6. The lowest BCUT2D eigenvalue weighted by molar-refractivity contribution is -0.142. The second-order valence-electron chi connectivity index (χ2n) is 6.80. The van der Waals surface area contributed by atoms with Gasteiger partial charge in [-0.15, -0.1) is 0 Å². The number of hydrogen-bond acceptors (Lipinski definition) is 3. The van der Waals surface area contributed by atoms with Gasteiger partial charge in [-0.25, -0.2) is 0 Å². The van der Waals surface area contributed by atoms with E-state index >= 15 is 0 Å². The van der Waals surface area contributed by atoms with Crippen LogP contribution in [0.2, 0.25) is 10.0 Å². The summed E-state index contributed by atoms with van der Waals surface area (Å²) in [5, 5.41) is 3.97. The Morgan fingerprint density at radius 3 is 2.60 bits per heavy atom. The van der Waals surface area contributed by atoms with Crippen molar-refractivity contribution < 1.29 is 14.3 Å². The number of nitrogens with zero attached hydrogens (tertiary/aromatic N) is 1. The molecule has 1 N–H and O–H groups in total. The number of halogens is 3. The maximum atomic E-state index is 13.0. The molecular weight excluding hydrogens is 491 g/mol. The van der Waals surface area contributed by atoms with Crippen LogP contribution < -0.4 is 10.1 Å². The molecule has 5 nitrogen and oxygen atoms in total. The monoisotopic (exact) mass is 514 g/mol. The largest absolute Gasteiger partial charge is 0.483 e. The first-order valence-corrected chi connectivity index (χ1v) is 11.3. The molecule has 0 bridgehead atoms. The standard InChI is InChI=1S/C22H25BrCl2N2O3/c1-3-4-11-26-22(29)15(2)27(13-16-7-5-6-8-19(16)25)21(28)14-30-20-10-9-17(24)12-18(20)23/h5-10,12,15H,3-4,11,13-14H2,1-2H3,(H,26,29)/t15-/m1/s1. The van der Waals surface area contributed by atoms with E-state index in [4.69, 9.17) is 27.9 Å². The van der Waals surface area contributed by atoms with Crippen LogP contribution in [0.1, 0.15) is 32.3 Å². The summed E-state index contributed by atoms with van der Waals surface area (Å²) in [7, 11) is 0. The first kappa shape index (κ1) is 24.5. The van der Waals surface area contributed by atoms with Crippen molar-refractivity contribution in [2.75, 3.05) is 13.2 Å². The maximum Gasteiger partial charge on any atom is 0.261 e. The zero-order valence-electron chi connectivity index (χ0n) is 17.0. The number of rotatable bonds is 10. The SMILES string of the molecule is CCCCNC(=O)[C@@H](C)N(Cc1ccccc1Cl)C(=O)COc1ccc(Cl)cc1Br. The van der Waals surface area contributed by atoms with Gasteiger partial charge in [-0.05, 0) is 59.1 Å². The van der Waals surface area contributed by atoms with Gasteiger partial charge >= 0.3 is 0 Å². The number of amides is 2.